The van der Waals surface area contributed by atoms with Gasteiger partial charge in [-0.15, -0.1) is 0 Å². The summed E-state index contributed by atoms with van der Waals surface area (Å²) < 4.78 is 26.0. The van der Waals surface area contributed by atoms with E-state index in [1.54, 1.807) is 0 Å². The summed E-state index contributed by atoms with van der Waals surface area (Å²) in [4.78, 5) is 0. The van der Waals surface area contributed by atoms with Gasteiger partial charge in [0.15, 0.2) is 0 Å². The van der Waals surface area contributed by atoms with Crippen LogP contribution in [0.2, 0.25) is 0 Å². The zero-order valence-electron chi connectivity index (χ0n) is 8.58. The minimum Gasteiger partial charge on any atom is -0.207 e. The van der Waals surface area contributed by atoms with Crippen LogP contribution in [0.15, 0.2) is 55.1 Å². The van der Waals surface area contributed by atoms with Crippen molar-refractivity contribution in [1.82, 2.24) is 0 Å². The highest BCUT2D eigenvalue weighted by Crippen LogP contribution is 2.22. The third kappa shape index (κ3) is 2.16. The quantitative estimate of drug-likeness (QED) is 0.711. The number of hydrogen-bond acceptors (Lipinski definition) is 0. The van der Waals surface area contributed by atoms with Crippen LogP contribution in [0.25, 0.3) is 5.57 Å². The third-order valence-electron chi connectivity index (χ3n) is 2.33. The van der Waals surface area contributed by atoms with E-state index in [0.29, 0.717) is 11.1 Å². The molecule has 2 aromatic carbocycles. The smallest absolute Gasteiger partial charge is 0.126 e. The predicted octanol–water partition coefficient (Wildman–Crippen LogP) is 4.03. The van der Waals surface area contributed by atoms with Gasteiger partial charge in [-0.05, 0) is 28.8 Å². The lowest BCUT2D eigenvalue weighted by atomic mass is 10.00. The molecular formula is C14H10F2. The van der Waals surface area contributed by atoms with Crippen molar-refractivity contribution in [1.29, 1.82) is 0 Å². The fourth-order valence-corrected chi connectivity index (χ4v) is 1.53. The van der Waals surface area contributed by atoms with Crippen LogP contribution >= 0.6 is 0 Å². The number of rotatable bonds is 2. The van der Waals surface area contributed by atoms with Crippen LogP contribution in [0.1, 0.15) is 11.1 Å². The molecule has 0 aromatic heterocycles. The molecule has 0 N–H and O–H groups in total. The van der Waals surface area contributed by atoms with Crippen molar-refractivity contribution in [2.24, 2.45) is 0 Å². The summed E-state index contributed by atoms with van der Waals surface area (Å²) in [7, 11) is 0. The Balaban J connectivity index is 2.42. The lowest BCUT2D eigenvalue weighted by Crippen LogP contribution is -1.89. The second-order valence-corrected chi connectivity index (χ2v) is 3.50. The highest BCUT2D eigenvalue weighted by Gasteiger charge is 2.05. The average molecular weight is 216 g/mol. The minimum atomic E-state index is -0.591. The molecule has 0 heterocycles. The van der Waals surface area contributed by atoms with Gasteiger partial charge in [0.25, 0.3) is 0 Å². The Morgan fingerprint density at radius 3 is 1.94 bits per heavy atom. The first kappa shape index (κ1) is 10.6. The first-order chi connectivity index (χ1) is 7.66. The lowest BCUT2D eigenvalue weighted by molar-refractivity contribution is 0.582. The molecule has 0 bridgehead atoms. The second kappa shape index (κ2) is 4.27. The van der Waals surface area contributed by atoms with Crippen LogP contribution in [0.3, 0.4) is 0 Å². The summed E-state index contributed by atoms with van der Waals surface area (Å²) in [5, 5.41) is 0. The van der Waals surface area contributed by atoms with Crippen molar-refractivity contribution in [3.8, 4) is 0 Å². The first-order valence-electron chi connectivity index (χ1n) is 4.87. The fourth-order valence-electron chi connectivity index (χ4n) is 1.53. The topological polar surface area (TPSA) is 0 Å². The van der Waals surface area contributed by atoms with Crippen molar-refractivity contribution < 1.29 is 8.78 Å². The highest BCUT2D eigenvalue weighted by molar-refractivity contribution is 5.77. The van der Waals surface area contributed by atoms with E-state index < -0.39 is 11.6 Å². The molecule has 0 amide bonds. The summed E-state index contributed by atoms with van der Waals surface area (Å²) >= 11 is 0. The van der Waals surface area contributed by atoms with Gasteiger partial charge in [0.05, 0.1) is 0 Å². The number of halogens is 2. The summed E-state index contributed by atoms with van der Waals surface area (Å²) in [5.41, 5.74) is 1.93. The van der Waals surface area contributed by atoms with Crippen molar-refractivity contribution in [3.05, 3.63) is 77.9 Å². The number of hydrogen-bond donors (Lipinski definition) is 0. The normalized spacial score (nSPS) is 10.1. The van der Waals surface area contributed by atoms with E-state index in [1.165, 1.54) is 12.1 Å². The molecule has 2 rings (SSSR count). The molecule has 0 aliphatic rings. The van der Waals surface area contributed by atoms with Crippen LogP contribution in [0, 0.1) is 11.6 Å². The molecule has 0 unspecified atom stereocenters. The molecule has 2 aromatic rings. The summed E-state index contributed by atoms with van der Waals surface area (Å²) in [6.07, 6.45) is 0. The SMILES string of the molecule is C=C(c1ccccc1)c1cc(F)cc(F)c1. The largest absolute Gasteiger partial charge is 0.207 e. The van der Waals surface area contributed by atoms with Gasteiger partial charge in [0.1, 0.15) is 11.6 Å². The average Bonchev–Trinajstić information content (AvgIpc) is 2.28. The molecule has 0 aliphatic heterocycles. The van der Waals surface area contributed by atoms with Gasteiger partial charge in [-0.1, -0.05) is 36.9 Å². The zero-order chi connectivity index (χ0) is 11.5. The van der Waals surface area contributed by atoms with E-state index in [-0.39, 0.29) is 0 Å². The van der Waals surface area contributed by atoms with Gasteiger partial charge in [-0.3, -0.25) is 0 Å². The number of benzene rings is 2. The summed E-state index contributed by atoms with van der Waals surface area (Å²) in [5.74, 6) is -1.18. The Labute approximate surface area is 92.9 Å². The molecular weight excluding hydrogens is 206 g/mol. The minimum absolute atomic E-state index is 0.462. The zero-order valence-corrected chi connectivity index (χ0v) is 8.58. The van der Waals surface area contributed by atoms with Crippen LogP contribution in [0.4, 0.5) is 8.78 Å². The highest BCUT2D eigenvalue weighted by atomic mass is 19.1. The molecule has 0 aliphatic carbocycles. The van der Waals surface area contributed by atoms with Gasteiger partial charge in [0, 0.05) is 6.07 Å². The fraction of sp³-hybridized carbons (Fsp3) is 0. The molecule has 80 valence electrons. The van der Waals surface area contributed by atoms with Gasteiger partial charge in [-0.2, -0.15) is 0 Å². The molecule has 0 spiro atoms. The van der Waals surface area contributed by atoms with Gasteiger partial charge >= 0.3 is 0 Å². The summed E-state index contributed by atoms with van der Waals surface area (Å²) in [6, 6.07) is 12.7. The lowest BCUT2D eigenvalue weighted by Gasteiger charge is -2.06. The molecule has 0 fully saturated rings. The Morgan fingerprint density at radius 1 is 0.812 bits per heavy atom. The molecule has 0 atom stereocenters. The van der Waals surface area contributed by atoms with Crippen LogP contribution < -0.4 is 0 Å². The maximum atomic E-state index is 13.0. The Morgan fingerprint density at radius 2 is 1.38 bits per heavy atom. The standard InChI is InChI=1S/C14H10F2/c1-10(11-5-3-2-4-6-11)12-7-13(15)9-14(16)8-12/h2-9H,1H2. The monoisotopic (exact) mass is 216 g/mol. The van der Waals surface area contributed by atoms with Crippen LogP contribution in [-0.4, -0.2) is 0 Å². The van der Waals surface area contributed by atoms with E-state index in [1.807, 2.05) is 30.3 Å². The van der Waals surface area contributed by atoms with E-state index >= 15 is 0 Å². The van der Waals surface area contributed by atoms with Crippen molar-refractivity contribution in [2.75, 3.05) is 0 Å². The van der Waals surface area contributed by atoms with Crippen molar-refractivity contribution in [3.63, 3.8) is 0 Å². The van der Waals surface area contributed by atoms with E-state index in [0.717, 1.165) is 11.6 Å². The third-order valence-corrected chi connectivity index (χ3v) is 2.33. The van der Waals surface area contributed by atoms with Crippen LogP contribution in [-0.2, 0) is 0 Å². The Kier molecular flexibility index (Phi) is 2.82. The van der Waals surface area contributed by atoms with Gasteiger partial charge in [-0.25, -0.2) is 8.78 Å². The summed E-state index contributed by atoms with van der Waals surface area (Å²) in [6.45, 7) is 3.84. The molecule has 16 heavy (non-hydrogen) atoms. The van der Waals surface area contributed by atoms with Gasteiger partial charge < -0.3 is 0 Å². The Bertz CT molecular complexity index is 495. The van der Waals surface area contributed by atoms with E-state index in [9.17, 15) is 8.78 Å². The predicted molar refractivity (Wildman–Crippen MR) is 60.9 cm³/mol. The van der Waals surface area contributed by atoms with Crippen LogP contribution in [0.5, 0.6) is 0 Å². The maximum Gasteiger partial charge on any atom is 0.126 e. The van der Waals surface area contributed by atoms with Gasteiger partial charge in [0.2, 0.25) is 0 Å². The first-order valence-corrected chi connectivity index (χ1v) is 4.87. The van der Waals surface area contributed by atoms with Crippen molar-refractivity contribution in [2.45, 2.75) is 0 Å². The molecule has 0 radical (unpaired) electrons. The molecule has 2 heteroatoms. The molecule has 0 nitrogen and oxygen atoms in total. The second-order valence-electron chi connectivity index (χ2n) is 3.50. The molecule has 0 saturated carbocycles. The Hall–Kier alpha value is -1.96. The maximum absolute atomic E-state index is 13.0. The van der Waals surface area contributed by atoms with E-state index in [4.69, 9.17) is 0 Å². The molecule has 0 saturated heterocycles. The van der Waals surface area contributed by atoms with E-state index in [2.05, 4.69) is 6.58 Å². The van der Waals surface area contributed by atoms with Crippen molar-refractivity contribution >= 4 is 5.57 Å².